The van der Waals surface area contributed by atoms with Gasteiger partial charge in [0.2, 0.25) is 5.88 Å². The van der Waals surface area contributed by atoms with Gasteiger partial charge in [0.15, 0.2) is 5.82 Å². The zero-order valence-corrected chi connectivity index (χ0v) is 11.7. The lowest BCUT2D eigenvalue weighted by Crippen LogP contribution is -2.41. The molecule has 0 aliphatic carbocycles. The normalized spacial score (nSPS) is 18.0. The zero-order chi connectivity index (χ0) is 13.7. The fraction of sp³-hybridized carbons (Fsp3) is 0.692. The number of nitrogen functional groups attached to an aromatic ring is 1. The van der Waals surface area contributed by atoms with Crippen LogP contribution in [0.1, 0.15) is 26.2 Å². The molecule has 1 fully saturated rings. The summed E-state index contributed by atoms with van der Waals surface area (Å²) < 4.78 is 5.08. The number of methoxy groups -OCH3 is 1. The maximum atomic E-state index is 5.93. The Bertz CT molecular complexity index is 406. The van der Waals surface area contributed by atoms with E-state index >= 15 is 0 Å². The lowest BCUT2D eigenvalue weighted by Gasteiger charge is -2.32. The highest BCUT2D eigenvalue weighted by molar-refractivity contribution is 5.66. The fourth-order valence-electron chi connectivity index (χ4n) is 2.42. The number of hydrogen-bond donors (Lipinski definition) is 2. The van der Waals surface area contributed by atoms with Gasteiger partial charge in [0.1, 0.15) is 12.0 Å². The Hall–Kier alpha value is -1.56. The molecular formula is C13H23N5O. The van der Waals surface area contributed by atoms with Crippen LogP contribution in [0.3, 0.4) is 0 Å². The zero-order valence-electron chi connectivity index (χ0n) is 11.7. The van der Waals surface area contributed by atoms with Gasteiger partial charge in [-0.2, -0.15) is 4.98 Å². The van der Waals surface area contributed by atoms with Crippen molar-refractivity contribution in [1.82, 2.24) is 14.9 Å². The average molecular weight is 265 g/mol. The first-order valence-electron chi connectivity index (χ1n) is 6.84. The molecular weight excluding hydrogens is 242 g/mol. The molecule has 19 heavy (non-hydrogen) atoms. The monoisotopic (exact) mass is 265 g/mol. The Balaban J connectivity index is 1.91. The molecule has 1 atom stereocenters. The van der Waals surface area contributed by atoms with Crippen molar-refractivity contribution in [3.8, 4) is 5.88 Å². The van der Waals surface area contributed by atoms with E-state index in [9.17, 15) is 0 Å². The smallest absolute Gasteiger partial charge is 0.242 e. The molecule has 1 aliphatic heterocycles. The first-order chi connectivity index (χ1) is 9.22. The predicted octanol–water partition coefficient (Wildman–Crippen LogP) is 1.35. The molecule has 0 radical (unpaired) electrons. The summed E-state index contributed by atoms with van der Waals surface area (Å²) in [5, 5.41) is 3.29. The van der Waals surface area contributed by atoms with Gasteiger partial charge in [-0.3, -0.25) is 4.90 Å². The van der Waals surface area contributed by atoms with Crippen LogP contribution < -0.4 is 15.8 Å². The number of anilines is 2. The summed E-state index contributed by atoms with van der Waals surface area (Å²) in [5.74, 6) is 1.07. The lowest BCUT2D eigenvalue weighted by atomic mass is 10.1. The molecule has 0 spiro atoms. The highest BCUT2D eigenvalue weighted by atomic mass is 16.5. The molecule has 2 heterocycles. The van der Waals surface area contributed by atoms with Crippen molar-refractivity contribution in [2.24, 2.45) is 0 Å². The van der Waals surface area contributed by atoms with E-state index < -0.39 is 0 Å². The Labute approximate surface area is 114 Å². The summed E-state index contributed by atoms with van der Waals surface area (Å²) in [5.41, 5.74) is 6.40. The van der Waals surface area contributed by atoms with Crippen molar-refractivity contribution in [3.05, 3.63) is 6.33 Å². The van der Waals surface area contributed by atoms with E-state index in [1.165, 1.54) is 38.7 Å². The third kappa shape index (κ3) is 3.47. The van der Waals surface area contributed by atoms with Crippen molar-refractivity contribution in [2.75, 3.05) is 37.8 Å². The van der Waals surface area contributed by atoms with Crippen LogP contribution in [-0.4, -0.2) is 47.7 Å². The minimum Gasteiger partial charge on any atom is -0.479 e. The van der Waals surface area contributed by atoms with Crippen LogP contribution in [0.15, 0.2) is 6.33 Å². The largest absolute Gasteiger partial charge is 0.479 e. The first-order valence-corrected chi connectivity index (χ1v) is 6.84. The third-order valence-corrected chi connectivity index (χ3v) is 3.62. The number of aromatic nitrogens is 2. The summed E-state index contributed by atoms with van der Waals surface area (Å²) in [7, 11) is 1.55. The van der Waals surface area contributed by atoms with Gasteiger partial charge in [0.25, 0.3) is 0 Å². The summed E-state index contributed by atoms with van der Waals surface area (Å²) in [6.45, 7) is 5.42. The van der Waals surface area contributed by atoms with Crippen molar-refractivity contribution < 1.29 is 4.74 Å². The van der Waals surface area contributed by atoms with Gasteiger partial charge < -0.3 is 15.8 Å². The van der Waals surface area contributed by atoms with E-state index in [2.05, 4.69) is 27.1 Å². The summed E-state index contributed by atoms with van der Waals surface area (Å²) in [4.78, 5) is 10.6. The number of nitrogens with two attached hydrogens (primary N) is 1. The minimum absolute atomic E-state index is 0.420. The first kappa shape index (κ1) is 13.9. The Morgan fingerprint density at radius 1 is 1.37 bits per heavy atom. The minimum atomic E-state index is 0.420. The second-order valence-electron chi connectivity index (χ2n) is 4.97. The van der Waals surface area contributed by atoms with Gasteiger partial charge in [0.05, 0.1) is 7.11 Å². The highest BCUT2D eigenvalue weighted by Crippen LogP contribution is 2.24. The SMILES string of the molecule is COc1ncnc(NCC(C)N2CCCCC2)c1N. The predicted molar refractivity (Wildman–Crippen MR) is 76.4 cm³/mol. The maximum absolute atomic E-state index is 5.93. The van der Waals surface area contributed by atoms with E-state index in [4.69, 9.17) is 10.5 Å². The number of nitrogens with one attached hydrogen (secondary N) is 1. The number of rotatable bonds is 5. The topological polar surface area (TPSA) is 76.3 Å². The molecule has 1 aromatic rings. The lowest BCUT2D eigenvalue weighted by molar-refractivity contribution is 0.180. The molecule has 1 aromatic heterocycles. The molecule has 2 rings (SSSR count). The maximum Gasteiger partial charge on any atom is 0.242 e. The number of piperidine rings is 1. The van der Waals surface area contributed by atoms with Gasteiger partial charge in [-0.1, -0.05) is 6.42 Å². The molecule has 0 amide bonds. The molecule has 1 aliphatic rings. The third-order valence-electron chi connectivity index (χ3n) is 3.62. The summed E-state index contributed by atoms with van der Waals surface area (Å²) in [6, 6.07) is 0.473. The van der Waals surface area contributed by atoms with Crippen molar-refractivity contribution in [1.29, 1.82) is 0 Å². The second-order valence-corrected chi connectivity index (χ2v) is 4.97. The van der Waals surface area contributed by atoms with E-state index in [1.807, 2.05) is 0 Å². The molecule has 0 saturated carbocycles. The molecule has 1 saturated heterocycles. The van der Waals surface area contributed by atoms with E-state index in [0.717, 1.165) is 6.54 Å². The van der Waals surface area contributed by atoms with Gasteiger partial charge in [-0.15, -0.1) is 0 Å². The van der Waals surface area contributed by atoms with Crippen LogP contribution in [0.25, 0.3) is 0 Å². The molecule has 6 nitrogen and oxygen atoms in total. The molecule has 0 bridgehead atoms. The summed E-state index contributed by atoms with van der Waals surface area (Å²) in [6.07, 6.45) is 5.41. The average Bonchev–Trinajstić information content (AvgIpc) is 2.47. The molecule has 3 N–H and O–H groups in total. The number of nitrogens with zero attached hydrogens (tertiary/aromatic N) is 3. The number of hydrogen-bond acceptors (Lipinski definition) is 6. The Kier molecular flexibility index (Phi) is 4.79. The Morgan fingerprint density at radius 2 is 2.11 bits per heavy atom. The van der Waals surface area contributed by atoms with Gasteiger partial charge in [0, 0.05) is 12.6 Å². The highest BCUT2D eigenvalue weighted by Gasteiger charge is 2.17. The van der Waals surface area contributed by atoms with Crippen LogP contribution >= 0.6 is 0 Å². The number of ether oxygens (including phenoxy) is 1. The quantitative estimate of drug-likeness (QED) is 0.837. The number of likely N-dealkylation sites (tertiary alicyclic amines) is 1. The Morgan fingerprint density at radius 3 is 2.79 bits per heavy atom. The van der Waals surface area contributed by atoms with Crippen molar-refractivity contribution in [2.45, 2.75) is 32.2 Å². The standard InChI is InChI=1S/C13H23N5O/c1-10(18-6-4-3-5-7-18)8-15-12-11(14)13(19-2)17-9-16-12/h9-10H,3-8,14H2,1-2H3,(H,15,16,17). The second kappa shape index (κ2) is 6.56. The van der Waals surface area contributed by atoms with Gasteiger partial charge in [-0.25, -0.2) is 4.98 Å². The van der Waals surface area contributed by atoms with Crippen LogP contribution in [-0.2, 0) is 0 Å². The summed E-state index contributed by atoms with van der Waals surface area (Å²) >= 11 is 0. The van der Waals surface area contributed by atoms with E-state index in [0.29, 0.717) is 23.4 Å². The van der Waals surface area contributed by atoms with Crippen LogP contribution in [0.5, 0.6) is 5.88 Å². The van der Waals surface area contributed by atoms with E-state index in [-0.39, 0.29) is 0 Å². The molecule has 1 unspecified atom stereocenters. The van der Waals surface area contributed by atoms with Crippen LogP contribution in [0.2, 0.25) is 0 Å². The fourth-order valence-corrected chi connectivity index (χ4v) is 2.42. The molecule has 106 valence electrons. The van der Waals surface area contributed by atoms with E-state index in [1.54, 1.807) is 7.11 Å². The molecule has 6 heteroatoms. The molecule has 0 aromatic carbocycles. The van der Waals surface area contributed by atoms with Crippen molar-refractivity contribution in [3.63, 3.8) is 0 Å². The van der Waals surface area contributed by atoms with Gasteiger partial charge >= 0.3 is 0 Å². The van der Waals surface area contributed by atoms with Gasteiger partial charge in [-0.05, 0) is 32.9 Å². The van der Waals surface area contributed by atoms with Crippen molar-refractivity contribution >= 4 is 11.5 Å². The van der Waals surface area contributed by atoms with Crippen LogP contribution in [0.4, 0.5) is 11.5 Å². The van der Waals surface area contributed by atoms with Crippen LogP contribution in [0, 0.1) is 0 Å².